The molecule has 6 nitrogen and oxygen atoms in total. The van der Waals surface area contributed by atoms with Gasteiger partial charge >= 0.3 is 6.03 Å². The smallest absolute Gasteiger partial charge is 0.320 e. The van der Waals surface area contributed by atoms with Crippen molar-refractivity contribution in [3.05, 3.63) is 11.8 Å². The number of carbonyl (C=O) groups excluding carboxylic acids is 1. The Bertz CT molecular complexity index is 422. The standard InChI is InChI=1S/C12H20N4O2/c1-8(2)16-11(6-9(3)15-16)14-12(17)13-10-4-5-18-7-10/h6,8,10H,4-5,7H2,1-3H3,(H2,13,14,17)/t10-/m1/s1. The zero-order valence-electron chi connectivity index (χ0n) is 11.1. The number of ether oxygens (including phenoxy) is 1. The SMILES string of the molecule is Cc1cc(NC(=O)N[C@@H]2CCOC2)n(C(C)C)n1. The van der Waals surface area contributed by atoms with Gasteiger partial charge in [-0.3, -0.25) is 5.32 Å². The summed E-state index contributed by atoms with van der Waals surface area (Å²) in [5.74, 6) is 0.721. The molecule has 1 aliphatic rings. The number of hydrogen-bond donors (Lipinski definition) is 2. The first-order chi connectivity index (χ1) is 8.56. The number of aromatic nitrogens is 2. The number of rotatable bonds is 3. The molecule has 1 aliphatic heterocycles. The molecule has 1 aromatic heterocycles. The predicted octanol–water partition coefficient (Wildman–Crippen LogP) is 1.68. The average molecular weight is 252 g/mol. The molecule has 0 unspecified atom stereocenters. The monoisotopic (exact) mass is 252 g/mol. The summed E-state index contributed by atoms with van der Waals surface area (Å²) in [6.45, 7) is 7.28. The maximum absolute atomic E-state index is 11.8. The Labute approximate surface area is 107 Å². The van der Waals surface area contributed by atoms with Crippen LogP contribution >= 0.6 is 0 Å². The van der Waals surface area contributed by atoms with Crippen molar-refractivity contribution < 1.29 is 9.53 Å². The summed E-state index contributed by atoms with van der Waals surface area (Å²) >= 11 is 0. The van der Waals surface area contributed by atoms with Crippen molar-refractivity contribution in [2.45, 2.75) is 39.3 Å². The van der Waals surface area contributed by atoms with E-state index in [4.69, 9.17) is 4.74 Å². The third-order valence-electron chi connectivity index (χ3n) is 2.85. The van der Waals surface area contributed by atoms with E-state index in [1.54, 1.807) is 4.68 Å². The number of carbonyl (C=O) groups is 1. The van der Waals surface area contributed by atoms with Crippen LogP contribution in [0.15, 0.2) is 6.07 Å². The van der Waals surface area contributed by atoms with E-state index in [2.05, 4.69) is 15.7 Å². The quantitative estimate of drug-likeness (QED) is 0.860. The molecule has 2 heterocycles. The maximum Gasteiger partial charge on any atom is 0.320 e. The zero-order chi connectivity index (χ0) is 13.1. The molecule has 6 heteroatoms. The first-order valence-electron chi connectivity index (χ1n) is 6.27. The molecule has 1 fully saturated rings. The summed E-state index contributed by atoms with van der Waals surface area (Å²) < 4.78 is 7.02. The van der Waals surface area contributed by atoms with E-state index >= 15 is 0 Å². The molecule has 18 heavy (non-hydrogen) atoms. The van der Waals surface area contributed by atoms with E-state index < -0.39 is 0 Å². The van der Waals surface area contributed by atoms with Gasteiger partial charge < -0.3 is 10.1 Å². The Balaban J connectivity index is 1.97. The summed E-state index contributed by atoms with van der Waals surface area (Å²) in [6, 6.07) is 1.99. The second-order valence-corrected chi connectivity index (χ2v) is 4.87. The first kappa shape index (κ1) is 12.9. The number of amides is 2. The van der Waals surface area contributed by atoms with E-state index in [-0.39, 0.29) is 18.1 Å². The summed E-state index contributed by atoms with van der Waals surface area (Å²) in [7, 11) is 0. The minimum atomic E-state index is -0.202. The molecule has 0 spiro atoms. The Morgan fingerprint density at radius 1 is 1.61 bits per heavy atom. The molecule has 1 atom stereocenters. The average Bonchev–Trinajstić information content (AvgIpc) is 2.88. The van der Waals surface area contributed by atoms with Gasteiger partial charge in [0, 0.05) is 18.7 Å². The number of aryl methyl sites for hydroxylation is 1. The minimum absolute atomic E-state index is 0.113. The Morgan fingerprint density at radius 2 is 2.39 bits per heavy atom. The summed E-state index contributed by atoms with van der Waals surface area (Å²) in [5.41, 5.74) is 0.892. The van der Waals surface area contributed by atoms with Crippen molar-refractivity contribution in [3.63, 3.8) is 0 Å². The second-order valence-electron chi connectivity index (χ2n) is 4.87. The molecule has 2 rings (SSSR count). The third kappa shape index (κ3) is 3.01. The lowest BCUT2D eigenvalue weighted by molar-refractivity contribution is 0.189. The van der Waals surface area contributed by atoms with E-state index in [0.717, 1.165) is 17.9 Å². The highest BCUT2D eigenvalue weighted by Crippen LogP contribution is 2.16. The molecule has 0 bridgehead atoms. The van der Waals surface area contributed by atoms with Gasteiger partial charge in [0.2, 0.25) is 0 Å². The highest BCUT2D eigenvalue weighted by molar-refractivity contribution is 5.88. The van der Waals surface area contributed by atoms with E-state index in [1.165, 1.54) is 0 Å². The van der Waals surface area contributed by atoms with Crippen molar-refractivity contribution in [1.82, 2.24) is 15.1 Å². The fourth-order valence-corrected chi connectivity index (χ4v) is 1.99. The fourth-order valence-electron chi connectivity index (χ4n) is 1.99. The molecule has 100 valence electrons. The van der Waals surface area contributed by atoms with Crippen LogP contribution in [0.1, 0.15) is 32.0 Å². The van der Waals surface area contributed by atoms with Crippen molar-refractivity contribution in [3.8, 4) is 0 Å². The van der Waals surface area contributed by atoms with Crippen molar-refractivity contribution in [2.24, 2.45) is 0 Å². The number of nitrogens with one attached hydrogen (secondary N) is 2. The minimum Gasteiger partial charge on any atom is -0.379 e. The van der Waals surface area contributed by atoms with Crippen LogP contribution < -0.4 is 10.6 Å². The molecule has 2 N–H and O–H groups in total. The molecule has 0 radical (unpaired) electrons. The Hall–Kier alpha value is -1.56. The fraction of sp³-hybridized carbons (Fsp3) is 0.667. The third-order valence-corrected chi connectivity index (χ3v) is 2.85. The Kier molecular flexibility index (Phi) is 3.86. The van der Waals surface area contributed by atoms with Crippen LogP contribution in [0.5, 0.6) is 0 Å². The molecule has 1 saturated heterocycles. The zero-order valence-corrected chi connectivity index (χ0v) is 11.1. The summed E-state index contributed by atoms with van der Waals surface area (Å²) in [4.78, 5) is 11.8. The maximum atomic E-state index is 11.8. The molecule has 0 aromatic carbocycles. The van der Waals surface area contributed by atoms with E-state index in [0.29, 0.717) is 13.2 Å². The van der Waals surface area contributed by atoms with Gasteiger partial charge in [-0.25, -0.2) is 9.48 Å². The van der Waals surface area contributed by atoms with Crippen LogP contribution in [-0.2, 0) is 4.74 Å². The summed E-state index contributed by atoms with van der Waals surface area (Å²) in [6.07, 6.45) is 0.871. The van der Waals surface area contributed by atoms with Crippen molar-refractivity contribution >= 4 is 11.8 Å². The van der Waals surface area contributed by atoms with Crippen LogP contribution in [0.3, 0.4) is 0 Å². The Morgan fingerprint density at radius 3 is 3.00 bits per heavy atom. The highest BCUT2D eigenvalue weighted by Gasteiger charge is 2.18. The van der Waals surface area contributed by atoms with Crippen LogP contribution in [0, 0.1) is 6.92 Å². The molecule has 0 aliphatic carbocycles. The highest BCUT2D eigenvalue weighted by atomic mass is 16.5. The van der Waals surface area contributed by atoms with Crippen molar-refractivity contribution in [2.75, 3.05) is 18.5 Å². The van der Waals surface area contributed by atoms with Gasteiger partial charge in [-0.2, -0.15) is 5.10 Å². The van der Waals surface area contributed by atoms with Gasteiger partial charge in [0.1, 0.15) is 5.82 Å². The number of hydrogen-bond acceptors (Lipinski definition) is 3. The number of anilines is 1. The lowest BCUT2D eigenvalue weighted by Crippen LogP contribution is -2.38. The van der Waals surface area contributed by atoms with Crippen LogP contribution in [0.4, 0.5) is 10.6 Å². The van der Waals surface area contributed by atoms with Crippen molar-refractivity contribution in [1.29, 1.82) is 0 Å². The predicted molar refractivity (Wildman–Crippen MR) is 68.7 cm³/mol. The van der Waals surface area contributed by atoms with E-state index in [9.17, 15) is 4.79 Å². The molecule has 0 saturated carbocycles. The van der Waals surface area contributed by atoms with E-state index in [1.807, 2.05) is 26.8 Å². The van der Waals surface area contributed by atoms with Gasteiger partial charge in [0.05, 0.1) is 18.3 Å². The van der Waals surface area contributed by atoms with Crippen LogP contribution in [0.2, 0.25) is 0 Å². The van der Waals surface area contributed by atoms with Gasteiger partial charge in [0.25, 0.3) is 0 Å². The van der Waals surface area contributed by atoms with Gasteiger partial charge in [-0.1, -0.05) is 0 Å². The van der Waals surface area contributed by atoms with Gasteiger partial charge in [0.15, 0.2) is 0 Å². The lowest BCUT2D eigenvalue weighted by Gasteiger charge is -2.14. The second kappa shape index (κ2) is 5.39. The van der Waals surface area contributed by atoms with Crippen LogP contribution in [0.25, 0.3) is 0 Å². The largest absolute Gasteiger partial charge is 0.379 e. The summed E-state index contributed by atoms with van der Waals surface area (Å²) in [5, 5.41) is 10.1. The number of nitrogens with zero attached hydrogens (tertiary/aromatic N) is 2. The molecule has 1 aromatic rings. The topological polar surface area (TPSA) is 68.2 Å². The lowest BCUT2D eigenvalue weighted by atomic mass is 10.3. The van der Waals surface area contributed by atoms with Gasteiger partial charge in [-0.15, -0.1) is 0 Å². The first-order valence-corrected chi connectivity index (χ1v) is 6.27. The molecule has 2 amide bonds. The normalized spacial score (nSPS) is 19.2. The van der Waals surface area contributed by atoms with Gasteiger partial charge in [-0.05, 0) is 27.2 Å². The number of urea groups is 1. The molecular weight excluding hydrogens is 232 g/mol. The molecular formula is C12H20N4O2. The van der Waals surface area contributed by atoms with Crippen LogP contribution in [-0.4, -0.2) is 35.1 Å².